The molecule has 0 fully saturated rings. The summed E-state index contributed by atoms with van der Waals surface area (Å²) in [6.07, 6.45) is 3.09. The second kappa shape index (κ2) is 6.88. The molecule has 1 nitrogen and oxygen atoms in total. The third-order valence-electron chi connectivity index (χ3n) is 2.96. The predicted molar refractivity (Wildman–Crippen MR) is 86.5 cm³/mol. The van der Waals surface area contributed by atoms with Gasteiger partial charge in [-0.2, -0.15) is 0 Å². The fourth-order valence-electron chi connectivity index (χ4n) is 2.05. The first kappa shape index (κ1) is 14.3. The fourth-order valence-corrected chi connectivity index (χ4v) is 2.74. The number of halogens is 1. The van der Waals surface area contributed by atoms with Crippen LogP contribution >= 0.6 is 23.4 Å². The number of hydrogen-bond acceptors (Lipinski definition) is 2. The summed E-state index contributed by atoms with van der Waals surface area (Å²) in [7, 11) is 0. The molecule has 0 amide bonds. The van der Waals surface area contributed by atoms with Gasteiger partial charge in [-0.25, -0.2) is 0 Å². The van der Waals surface area contributed by atoms with Crippen LogP contribution in [0.1, 0.15) is 12.5 Å². The maximum atomic E-state index is 5.90. The number of hydrogen-bond donors (Lipinski definition) is 1. The summed E-state index contributed by atoms with van der Waals surface area (Å²) in [6.45, 7) is 2.20. The van der Waals surface area contributed by atoms with Gasteiger partial charge in [-0.15, -0.1) is 11.8 Å². The maximum absolute atomic E-state index is 5.90. The van der Waals surface area contributed by atoms with Crippen LogP contribution < -0.4 is 5.32 Å². The van der Waals surface area contributed by atoms with Gasteiger partial charge in [0, 0.05) is 21.6 Å². The van der Waals surface area contributed by atoms with E-state index in [0.717, 1.165) is 11.4 Å². The molecule has 0 aromatic heterocycles. The first-order chi connectivity index (χ1) is 9.19. The number of rotatable bonds is 5. The van der Waals surface area contributed by atoms with Crippen molar-refractivity contribution >= 4 is 29.1 Å². The van der Waals surface area contributed by atoms with Crippen LogP contribution in [-0.2, 0) is 6.42 Å². The SMILES string of the molecule is CSc1ccccc1NC(C)Cc1ccc(Cl)cc1. The molecule has 100 valence electrons. The summed E-state index contributed by atoms with van der Waals surface area (Å²) in [5.74, 6) is 0. The van der Waals surface area contributed by atoms with Crippen molar-refractivity contribution in [2.75, 3.05) is 11.6 Å². The predicted octanol–water partition coefficient (Wildman–Crippen LogP) is 5.11. The zero-order valence-electron chi connectivity index (χ0n) is 11.2. The number of nitrogens with one attached hydrogen (secondary N) is 1. The molecular formula is C16H18ClNS. The summed E-state index contributed by atoms with van der Waals surface area (Å²) in [5, 5.41) is 4.36. The number of anilines is 1. The molecule has 0 aliphatic carbocycles. The lowest BCUT2D eigenvalue weighted by Crippen LogP contribution is -2.18. The molecular weight excluding hydrogens is 274 g/mol. The second-order valence-corrected chi connectivity index (χ2v) is 5.86. The van der Waals surface area contributed by atoms with Crippen molar-refractivity contribution in [1.82, 2.24) is 0 Å². The molecule has 0 aliphatic heterocycles. The Hall–Kier alpha value is -1.12. The molecule has 1 N–H and O–H groups in total. The Bertz CT molecular complexity index is 525. The van der Waals surface area contributed by atoms with E-state index in [4.69, 9.17) is 11.6 Å². The van der Waals surface area contributed by atoms with Crippen LogP contribution in [0.2, 0.25) is 5.02 Å². The van der Waals surface area contributed by atoms with Crippen molar-refractivity contribution in [3.8, 4) is 0 Å². The fraction of sp³-hybridized carbons (Fsp3) is 0.250. The van der Waals surface area contributed by atoms with Gasteiger partial charge >= 0.3 is 0 Å². The quantitative estimate of drug-likeness (QED) is 0.769. The molecule has 0 saturated heterocycles. The highest BCUT2D eigenvalue weighted by Crippen LogP contribution is 2.25. The molecule has 1 atom stereocenters. The van der Waals surface area contributed by atoms with Crippen LogP contribution in [0.15, 0.2) is 53.4 Å². The minimum atomic E-state index is 0.384. The standard InChI is InChI=1S/C16H18ClNS/c1-12(11-13-7-9-14(17)10-8-13)18-15-5-3-4-6-16(15)19-2/h3-10,12,18H,11H2,1-2H3. The maximum Gasteiger partial charge on any atom is 0.0480 e. The van der Waals surface area contributed by atoms with Crippen LogP contribution in [0.4, 0.5) is 5.69 Å². The van der Waals surface area contributed by atoms with Crippen molar-refractivity contribution in [2.45, 2.75) is 24.3 Å². The Morgan fingerprint density at radius 2 is 1.79 bits per heavy atom. The van der Waals surface area contributed by atoms with Gasteiger partial charge in [0.15, 0.2) is 0 Å². The molecule has 0 spiro atoms. The Labute approximate surface area is 124 Å². The van der Waals surface area contributed by atoms with Crippen LogP contribution in [0.25, 0.3) is 0 Å². The molecule has 0 heterocycles. The number of thioether (sulfide) groups is 1. The molecule has 0 radical (unpaired) electrons. The molecule has 3 heteroatoms. The van der Waals surface area contributed by atoms with Crippen molar-refractivity contribution < 1.29 is 0 Å². The van der Waals surface area contributed by atoms with Crippen molar-refractivity contribution in [2.24, 2.45) is 0 Å². The summed E-state index contributed by atoms with van der Waals surface area (Å²) in [4.78, 5) is 1.28. The van der Waals surface area contributed by atoms with E-state index in [9.17, 15) is 0 Å². The molecule has 2 rings (SSSR count). The lowest BCUT2D eigenvalue weighted by atomic mass is 10.1. The van der Waals surface area contributed by atoms with Crippen molar-refractivity contribution in [3.63, 3.8) is 0 Å². The van der Waals surface area contributed by atoms with E-state index in [1.165, 1.54) is 16.1 Å². The lowest BCUT2D eigenvalue weighted by molar-refractivity contribution is 0.787. The minimum absolute atomic E-state index is 0.384. The number of para-hydroxylation sites is 1. The van der Waals surface area contributed by atoms with Gasteiger partial charge in [-0.3, -0.25) is 0 Å². The van der Waals surface area contributed by atoms with Gasteiger partial charge in [0.2, 0.25) is 0 Å². The first-order valence-electron chi connectivity index (χ1n) is 6.33. The van der Waals surface area contributed by atoms with Gasteiger partial charge in [-0.1, -0.05) is 35.9 Å². The highest BCUT2D eigenvalue weighted by molar-refractivity contribution is 7.98. The summed E-state index contributed by atoms with van der Waals surface area (Å²) in [6, 6.07) is 16.8. The van der Waals surface area contributed by atoms with E-state index in [2.05, 4.69) is 54.9 Å². The molecule has 2 aromatic carbocycles. The van der Waals surface area contributed by atoms with E-state index in [1.807, 2.05) is 12.1 Å². The average molecular weight is 292 g/mol. The minimum Gasteiger partial charge on any atom is -0.381 e. The Kier molecular flexibility index (Phi) is 5.17. The second-order valence-electron chi connectivity index (χ2n) is 4.58. The average Bonchev–Trinajstić information content (AvgIpc) is 2.42. The topological polar surface area (TPSA) is 12.0 Å². The lowest BCUT2D eigenvalue weighted by Gasteiger charge is -2.17. The highest BCUT2D eigenvalue weighted by atomic mass is 35.5. The largest absolute Gasteiger partial charge is 0.381 e. The van der Waals surface area contributed by atoms with Crippen LogP contribution in [0, 0.1) is 0 Å². The summed E-state index contributed by atoms with van der Waals surface area (Å²) >= 11 is 7.66. The number of benzene rings is 2. The zero-order chi connectivity index (χ0) is 13.7. The van der Waals surface area contributed by atoms with E-state index in [1.54, 1.807) is 11.8 Å². The van der Waals surface area contributed by atoms with Crippen LogP contribution in [-0.4, -0.2) is 12.3 Å². The molecule has 2 aromatic rings. The van der Waals surface area contributed by atoms with Gasteiger partial charge in [0.1, 0.15) is 0 Å². The van der Waals surface area contributed by atoms with E-state index >= 15 is 0 Å². The normalized spacial score (nSPS) is 12.2. The summed E-state index contributed by atoms with van der Waals surface area (Å²) in [5.41, 5.74) is 2.50. The Morgan fingerprint density at radius 1 is 1.11 bits per heavy atom. The Balaban J connectivity index is 2.01. The monoisotopic (exact) mass is 291 g/mol. The van der Waals surface area contributed by atoms with E-state index in [-0.39, 0.29) is 0 Å². The van der Waals surface area contributed by atoms with Crippen LogP contribution in [0.5, 0.6) is 0 Å². The zero-order valence-corrected chi connectivity index (χ0v) is 12.8. The van der Waals surface area contributed by atoms with E-state index in [0.29, 0.717) is 6.04 Å². The third-order valence-corrected chi connectivity index (χ3v) is 4.01. The molecule has 0 bridgehead atoms. The van der Waals surface area contributed by atoms with Crippen molar-refractivity contribution in [3.05, 3.63) is 59.1 Å². The highest BCUT2D eigenvalue weighted by Gasteiger charge is 2.06. The third kappa shape index (κ3) is 4.19. The first-order valence-corrected chi connectivity index (χ1v) is 7.93. The van der Waals surface area contributed by atoms with Gasteiger partial charge in [0.05, 0.1) is 0 Å². The van der Waals surface area contributed by atoms with Crippen molar-refractivity contribution in [1.29, 1.82) is 0 Å². The van der Waals surface area contributed by atoms with Gasteiger partial charge < -0.3 is 5.32 Å². The Morgan fingerprint density at radius 3 is 2.47 bits per heavy atom. The smallest absolute Gasteiger partial charge is 0.0480 e. The van der Waals surface area contributed by atoms with Gasteiger partial charge in [0.25, 0.3) is 0 Å². The molecule has 19 heavy (non-hydrogen) atoms. The van der Waals surface area contributed by atoms with E-state index < -0.39 is 0 Å². The van der Waals surface area contributed by atoms with Gasteiger partial charge in [-0.05, 0) is 49.4 Å². The molecule has 0 aliphatic rings. The molecule has 1 unspecified atom stereocenters. The summed E-state index contributed by atoms with van der Waals surface area (Å²) < 4.78 is 0. The molecule has 0 saturated carbocycles. The van der Waals surface area contributed by atoms with Crippen LogP contribution in [0.3, 0.4) is 0 Å².